The number of furan rings is 1. The van der Waals surface area contributed by atoms with Gasteiger partial charge >= 0.3 is 5.97 Å². The van der Waals surface area contributed by atoms with Gasteiger partial charge in [0.15, 0.2) is 0 Å². The first-order valence-corrected chi connectivity index (χ1v) is 7.34. The molecule has 1 N–H and O–H groups in total. The molecule has 1 fully saturated rings. The number of hydrogen-bond acceptors (Lipinski definition) is 5. The Hall–Kier alpha value is -0.940. The molecule has 1 aliphatic rings. The predicted molar refractivity (Wildman–Crippen MR) is 71.9 cm³/mol. The summed E-state index contributed by atoms with van der Waals surface area (Å²) in [5, 5.41) is 3.40. The van der Waals surface area contributed by atoms with E-state index in [0.29, 0.717) is 11.3 Å². The summed E-state index contributed by atoms with van der Waals surface area (Å²) in [7, 11) is 1.35. The second-order valence-corrected chi connectivity index (χ2v) is 5.88. The Bertz CT molecular complexity index is 407. The topological polar surface area (TPSA) is 51.5 Å². The van der Waals surface area contributed by atoms with Crippen molar-refractivity contribution in [2.45, 2.75) is 30.6 Å². The lowest BCUT2D eigenvalue weighted by atomic mass is 9.84. The SMILES string of the molecule is COC(=O)c1ccc(CNCC2(SC)CCC2)o1. The molecule has 1 saturated carbocycles. The van der Waals surface area contributed by atoms with Crippen molar-refractivity contribution in [3.8, 4) is 0 Å². The lowest BCUT2D eigenvalue weighted by molar-refractivity contribution is 0.0563. The molecule has 2 rings (SSSR count). The first-order valence-electron chi connectivity index (χ1n) is 6.12. The van der Waals surface area contributed by atoms with Gasteiger partial charge in [0.2, 0.25) is 5.76 Å². The first-order chi connectivity index (χ1) is 8.69. The van der Waals surface area contributed by atoms with Gasteiger partial charge in [-0.25, -0.2) is 4.79 Å². The van der Waals surface area contributed by atoms with E-state index in [1.165, 1.54) is 26.4 Å². The van der Waals surface area contributed by atoms with Crippen LogP contribution in [-0.2, 0) is 11.3 Å². The minimum atomic E-state index is -0.430. The van der Waals surface area contributed by atoms with Gasteiger partial charge in [-0.1, -0.05) is 6.42 Å². The van der Waals surface area contributed by atoms with E-state index in [9.17, 15) is 4.79 Å². The largest absolute Gasteiger partial charge is 0.463 e. The highest BCUT2D eigenvalue weighted by molar-refractivity contribution is 8.00. The van der Waals surface area contributed by atoms with Gasteiger partial charge in [-0.3, -0.25) is 0 Å². The van der Waals surface area contributed by atoms with Crippen LogP contribution in [0.15, 0.2) is 16.5 Å². The third-order valence-electron chi connectivity index (χ3n) is 3.49. The van der Waals surface area contributed by atoms with Crippen molar-refractivity contribution in [2.75, 3.05) is 19.9 Å². The van der Waals surface area contributed by atoms with Crippen LogP contribution in [0.1, 0.15) is 35.6 Å². The molecule has 1 aromatic heterocycles. The van der Waals surface area contributed by atoms with E-state index >= 15 is 0 Å². The summed E-state index contributed by atoms with van der Waals surface area (Å²) in [6.07, 6.45) is 6.07. The van der Waals surface area contributed by atoms with Crippen LogP contribution in [0, 0.1) is 0 Å². The van der Waals surface area contributed by atoms with Crippen molar-refractivity contribution in [2.24, 2.45) is 0 Å². The number of carbonyl (C=O) groups is 1. The molecule has 18 heavy (non-hydrogen) atoms. The minimum absolute atomic E-state index is 0.262. The number of nitrogens with one attached hydrogen (secondary N) is 1. The number of hydrogen-bond donors (Lipinski definition) is 1. The van der Waals surface area contributed by atoms with Crippen LogP contribution in [0.25, 0.3) is 0 Å². The fraction of sp³-hybridized carbons (Fsp3) is 0.615. The van der Waals surface area contributed by atoms with E-state index in [4.69, 9.17) is 4.42 Å². The molecule has 1 heterocycles. The predicted octanol–water partition coefficient (Wildman–Crippen LogP) is 2.44. The summed E-state index contributed by atoms with van der Waals surface area (Å²) in [6.45, 7) is 1.64. The normalized spacial score (nSPS) is 17.2. The molecular weight excluding hydrogens is 250 g/mol. The Labute approximate surface area is 111 Å². The highest BCUT2D eigenvalue weighted by Crippen LogP contribution is 2.42. The molecule has 0 atom stereocenters. The summed E-state index contributed by atoms with van der Waals surface area (Å²) in [6, 6.07) is 3.46. The fourth-order valence-electron chi connectivity index (χ4n) is 2.12. The molecule has 0 bridgehead atoms. The van der Waals surface area contributed by atoms with Crippen LogP contribution in [0.3, 0.4) is 0 Å². The van der Waals surface area contributed by atoms with E-state index in [1.54, 1.807) is 6.07 Å². The highest BCUT2D eigenvalue weighted by Gasteiger charge is 2.35. The molecule has 0 amide bonds. The van der Waals surface area contributed by atoms with E-state index in [2.05, 4.69) is 16.3 Å². The fourth-order valence-corrected chi connectivity index (χ4v) is 3.06. The zero-order valence-corrected chi connectivity index (χ0v) is 11.6. The maximum absolute atomic E-state index is 11.2. The van der Waals surface area contributed by atoms with E-state index < -0.39 is 5.97 Å². The average molecular weight is 269 g/mol. The van der Waals surface area contributed by atoms with E-state index in [1.807, 2.05) is 17.8 Å². The van der Waals surface area contributed by atoms with Gasteiger partial charge < -0.3 is 14.5 Å². The number of esters is 1. The number of ether oxygens (including phenoxy) is 1. The summed E-state index contributed by atoms with van der Waals surface area (Å²) in [5.41, 5.74) is 0. The number of thioether (sulfide) groups is 1. The quantitative estimate of drug-likeness (QED) is 0.804. The maximum Gasteiger partial charge on any atom is 0.373 e. The number of carbonyl (C=O) groups excluding carboxylic acids is 1. The van der Waals surface area contributed by atoms with Gasteiger partial charge in [-0.15, -0.1) is 0 Å². The third-order valence-corrected chi connectivity index (χ3v) is 4.91. The van der Waals surface area contributed by atoms with Gasteiger partial charge in [0.1, 0.15) is 5.76 Å². The molecule has 0 radical (unpaired) electrons. The minimum Gasteiger partial charge on any atom is -0.463 e. The summed E-state index contributed by atoms with van der Waals surface area (Å²) < 4.78 is 10.4. The van der Waals surface area contributed by atoms with Gasteiger partial charge in [0.25, 0.3) is 0 Å². The van der Waals surface area contributed by atoms with Gasteiger partial charge in [-0.05, 0) is 31.2 Å². The van der Waals surface area contributed by atoms with Crippen molar-refractivity contribution < 1.29 is 13.9 Å². The lowest BCUT2D eigenvalue weighted by Crippen LogP contribution is -2.43. The molecule has 100 valence electrons. The first kappa shape index (κ1) is 13.5. The van der Waals surface area contributed by atoms with E-state index in [0.717, 1.165) is 12.3 Å². The van der Waals surface area contributed by atoms with Crippen molar-refractivity contribution in [1.82, 2.24) is 5.32 Å². The van der Waals surface area contributed by atoms with Crippen LogP contribution in [0.5, 0.6) is 0 Å². The van der Waals surface area contributed by atoms with Gasteiger partial charge in [0.05, 0.1) is 13.7 Å². The third kappa shape index (κ3) is 2.90. The summed E-state index contributed by atoms with van der Waals surface area (Å²) in [5.74, 6) is 0.601. The van der Waals surface area contributed by atoms with Gasteiger partial charge in [-0.2, -0.15) is 11.8 Å². The summed E-state index contributed by atoms with van der Waals surface area (Å²) in [4.78, 5) is 11.2. The van der Waals surface area contributed by atoms with Crippen LogP contribution < -0.4 is 5.32 Å². The standard InChI is InChI=1S/C13H19NO3S/c1-16-12(15)11-5-4-10(17-11)8-14-9-13(18-2)6-3-7-13/h4-5,14H,3,6-9H2,1-2H3. The van der Waals surface area contributed by atoms with E-state index in [-0.39, 0.29) is 5.76 Å². The molecule has 1 aliphatic carbocycles. The Morgan fingerprint density at radius 2 is 2.33 bits per heavy atom. The number of rotatable bonds is 6. The molecule has 0 spiro atoms. The van der Waals surface area contributed by atoms with Crippen LogP contribution in [0.4, 0.5) is 0 Å². The van der Waals surface area contributed by atoms with Crippen LogP contribution in [0.2, 0.25) is 0 Å². The van der Waals surface area contributed by atoms with Crippen LogP contribution >= 0.6 is 11.8 Å². The zero-order valence-electron chi connectivity index (χ0n) is 10.8. The monoisotopic (exact) mass is 269 g/mol. The Balaban J connectivity index is 1.80. The molecule has 0 unspecified atom stereocenters. The van der Waals surface area contributed by atoms with Crippen molar-refractivity contribution in [1.29, 1.82) is 0 Å². The molecule has 0 saturated heterocycles. The smallest absolute Gasteiger partial charge is 0.373 e. The second-order valence-electron chi connectivity index (χ2n) is 4.60. The molecule has 1 aromatic rings. The Morgan fingerprint density at radius 1 is 1.56 bits per heavy atom. The van der Waals surface area contributed by atoms with Crippen molar-refractivity contribution in [3.05, 3.63) is 23.7 Å². The number of methoxy groups -OCH3 is 1. The second kappa shape index (κ2) is 5.80. The Morgan fingerprint density at radius 3 is 2.89 bits per heavy atom. The molecule has 4 nitrogen and oxygen atoms in total. The van der Waals surface area contributed by atoms with Crippen molar-refractivity contribution in [3.63, 3.8) is 0 Å². The van der Waals surface area contributed by atoms with Crippen LogP contribution in [-0.4, -0.2) is 30.6 Å². The molecule has 0 aliphatic heterocycles. The lowest BCUT2D eigenvalue weighted by Gasteiger charge is -2.40. The molecular formula is C13H19NO3S. The average Bonchev–Trinajstić information content (AvgIpc) is 2.80. The molecule has 0 aromatic carbocycles. The Kier molecular flexibility index (Phi) is 4.35. The zero-order chi connectivity index (χ0) is 13.0. The maximum atomic E-state index is 11.2. The molecule has 5 heteroatoms. The van der Waals surface area contributed by atoms with Crippen molar-refractivity contribution >= 4 is 17.7 Å². The summed E-state index contributed by atoms with van der Waals surface area (Å²) >= 11 is 1.94. The van der Waals surface area contributed by atoms with Gasteiger partial charge in [0, 0.05) is 11.3 Å². The highest BCUT2D eigenvalue weighted by atomic mass is 32.2.